The van der Waals surface area contributed by atoms with Gasteiger partial charge < -0.3 is 20.3 Å². The van der Waals surface area contributed by atoms with Gasteiger partial charge in [0.2, 0.25) is 5.60 Å². The lowest BCUT2D eigenvalue weighted by Gasteiger charge is -2.27. The summed E-state index contributed by atoms with van der Waals surface area (Å²) in [5.41, 5.74) is 6.58. The van der Waals surface area contributed by atoms with Crippen molar-refractivity contribution in [3.63, 3.8) is 0 Å². The fraction of sp³-hybridized carbons (Fsp3) is 0.316. The normalized spacial score (nSPS) is 24.9. The van der Waals surface area contributed by atoms with Gasteiger partial charge in [0.25, 0.3) is 0 Å². The number of nitriles is 1. The average molecular weight is 365 g/mol. The molecular formula is C19H19N5O3. The topological polar surface area (TPSA) is 119 Å². The first kappa shape index (κ1) is 17.4. The number of nitrogen functional groups attached to an aromatic ring is 1. The number of anilines is 1. The van der Waals surface area contributed by atoms with Crippen molar-refractivity contribution in [1.82, 2.24) is 14.6 Å². The molecule has 4 rings (SSSR count). The van der Waals surface area contributed by atoms with Crippen LogP contribution in [-0.2, 0) is 21.7 Å². The van der Waals surface area contributed by atoms with E-state index in [1.807, 2.05) is 30.3 Å². The van der Waals surface area contributed by atoms with Crippen LogP contribution in [0, 0.1) is 11.3 Å². The third-order valence-corrected chi connectivity index (χ3v) is 4.81. The molecule has 0 bridgehead atoms. The highest BCUT2D eigenvalue weighted by Gasteiger charge is 2.53. The van der Waals surface area contributed by atoms with Gasteiger partial charge >= 0.3 is 0 Å². The van der Waals surface area contributed by atoms with Crippen LogP contribution in [0.25, 0.3) is 5.52 Å². The molecule has 1 saturated heterocycles. The summed E-state index contributed by atoms with van der Waals surface area (Å²) >= 11 is 0. The molecular weight excluding hydrogens is 346 g/mol. The van der Waals surface area contributed by atoms with Gasteiger partial charge in [-0.05, 0) is 17.7 Å². The molecule has 1 aliphatic rings. The zero-order valence-corrected chi connectivity index (χ0v) is 14.5. The zero-order chi connectivity index (χ0) is 18.9. The number of aliphatic hydroxyl groups excluding tert-OH is 1. The molecule has 0 saturated carbocycles. The van der Waals surface area contributed by atoms with Crippen molar-refractivity contribution in [1.29, 1.82) is 5.26 Å². The molecule has 8 nitrogen and oxygen atoms in total. The van der Waals surface area contributed by atoms with Gasteiger partial charge in [-0.25, -0.2) is 9.50 Å². The van der Waals surface area contributed by atoms with Crippen molar-refractivity contribution in [3.05, 3.63) is 60.0 Å². The van der Waals surface area contributed by atoms with E-state index in [0.29, 0.717) is 30.1 Å². The van der Waals surface area contributed by atoms with Crippen molar-refractivity contribution in [2.45, 2.75) is 30.8 Å². The predicted octanol–water partition coefficient (Wildman–Crippen LogP) is 1.40. The fourth-order valence-corrected chi connectivity index (χ4v) is 3.47. The Bertz CT molecular complexity index is 984. The number of rotatable bonds is 5. The lowest BCUT2D eigenvalue weighted by molar-refractivity contribution is -0.0868. The lowest BCUT2D eigenvalue weighted by Crippen LogP contribution is -2.38. The number of fused-ring (bicyclic) bond motifs is 1. The van der Waals surface area contributed by atoms with E-state index in [4.69, 9.17) is 15.2 Å². The van der Waals surface area contributed by atoms with Crippen LogP contribution >= 0.6 is 0 Å². The quantitative estimate of drug-likeness (QED) is 0.701. The summed E-state index contributed by atoms with van der Waals surface area (Å²) in [6.45, 7) is 0.131. The van der Waals surface area contributed by atoms with Crippen LogP contribution in [-0.4, -0.2) is 38.5 Å². The van der Waals surface area contributed by atoms with E-state index in [1.165, 1.54) is 6.33 Å². The summed E-state index contributed by atoms with van der Waals surface area (Å²) in [4.78, 5) is 3.97. The van der Waals surface area contributed by atoms with Gasteiger partial charge in [0.05, 0.1) is 25.0 Å². The molecule has 138 valence electrons. The molecule has 3 atom stereocenters. The standard InChI is InChI=1S/C19H19N5O3/c20-11-19(16-7-6-15-18(21)22-12-23-24(15)16)17(8-14(9-25)27-19)26-10-13-4-2-1-3-5-13/h1-7,12,14,17,25H,8-10H2,(H2,21,22,23)/t14-,17+,19-/m0/s1. The second-order valence-corrected chi connectivity index (χ2v) is 6.45. The van der Waals surface area contributed by atoms with Crippen molar-refractivity contribution in [2.24, 2.45) is 0 Å². The maximum atomic E-state index is 10.1. The Kier molecular flexibility index (Phi) is 4.49. The molecule has 1 aromatic carbocycles. The zero-order valence-electron chi connectivity index (χ0n) is 14.5. The molecule has 8 heteroatoms. The number of aliphatic hydroxyl groups is 1. The van der Waals surface area contributed by atoms with E-state index >= 15 is 0 Å². The van der Waals surface area contributed by atoms with Crippen LogP contribution in [0.5, 0.6) is 0 Å². The molecule has 0 aliphatic carbocycles. The molecule has 0 radical (unpaired) electrons. The van der Waals surface area contributed by atoms with Gasteiger partial charge in [-0.2, -0.15) is 10.4 Å². The summed E-state index contributed by atoms with van der Waals surface area (Å²) in [7, 11) is 0. The van der Waals surface area contributed by atoms with Crippen molar-refractivity contribution >= 4 is 11.3 Å². The molecule has 27 heavy (non-hydrogen) atoms. The van der Waals surface area contributed by atoms with Crippen LogP contribution in [0.2, 0.25) is 0 Å². The molecule has 3 heterocycles. The number of nitrogens with zero attached hydrogens (tertiary/aromatic N) is 4. The molecule has 0 spiro atoms. The largest absolute Gasteiger partial charge is 0.394 e. The van der Waals surface area contributed by atoms with Gasteiger partial charge in [-0.3, -0.25) is 0 Å². The maximum absolute atomic E-state index is 10.1. The Balaban J connectivity index is 1.72. The number of ether oxygens (including phenoxy) is 2. The van der Waals surface area contributed by atoms with E-state index in [2.05, 4.69) is 16.2 Å². The monoisotopic (exact) mass is 365 g/mol. The van der Waals surface area contributed by atoms with Gasteiger partial charge in [-0.1, -0.05) is 30.3 Å². The second kappa shape index (κ2) is 6.96. The minimum absolute atomic E-state index is 0.199. The van der Waals surface area contributed by atoms with Crippen LogP contribution in [0.3, 0.4) is 0 Å². The third kappa shape index (κ3) is 2.92. The summed E-state index contributed by atoms with van der Waals surface area (Å²) in [6, 6.07) is 15.4. The smallest absolute Gasteiger partial charge is 0.223 e. The summed E-state index contributed by atoms with van der Waals surface area (Å²) in [5, 5.41) is 23.9. The van der Waals surface area contributed by atoms with Gasteiger partial charge in [0.1, 0.15) is 24.0 Å². The Labute approximate surface area is 155 Å². The first-order valence-corrected chi connectivity index (χ1v) is 8.62. The van der Waals surface area contributed by atoms with Crippen molar-refractivity contribution < 1.29 is 14.6 Å². The molecule has 1 fully saturated rings. The minimum Gasteiger partial charge on any atom is -0.394 e. The highest BCUT2D eigenvalue weighted by atomic mass is 16.6. The molecule has 0 unspecified atom stereocenters. The summed E-state index contributed by atoms with van der Waals surface area (Å²) < 4.78 is 13.6. The summed E-state index contributed by atoms with van der Waals surface area (Å²) in [5.74, 6) is 0.308. The Morgan fingerprint density at radius 3 is 2.89 bits per heavy atom. The van der Waals surface area contributed by atoms with Crippen LogP contribution < -0.4 is 5.73 Å². The van der Waals surface area contributed by atoms with E-state index in [9.17, 15) is 10.4 Å². The number of hydrogen-bond donors (Lipinski definition) is 2. The van der Waals surface area contributed by atoms with Gasteiger partial charge in [0.15, 0.2) is 5.82 Å². The van der Waals surface area contributed by atoms with Gasteiger partial charge in [-0.15, -0.1) is 0 Å². The average Bonchev–Trinajstić information content (AvgIpc) is 3.30. The first-order valence-electron chi connectivity index (χ1n) is 8.62. The lowest BCUT2D eigenvalue weighted by atomic mass is 9.94. The first-order chi connectivity index (χ1) is 13.2. The van der Waals surface area contributed by atoms with Crippen molar-refractivity contribution in [3.8, 4) is 6.07 Å². The Morgan fingerprint density at radius 1 is 1.33 bits per heavy atom. The van der Waals surface area contributed by atoms with Crippen LogP contribution in [0.15, 0.2) is 48.8 Å². The van der Waals surface area contributed by atoms with Crippen LogP contribution in [0.4, 0.5) is 5.82 Å². The molecule has 0 amide bonds. The third-order valence-electron chi connectivity index (χ3n) is 4.81. The SMILES string of the molecule is N#C[C@@]1(c2ccc3c(N)ncnn23)O[C@H](CO)C[C@H]1OCc1ccccc1. The number of nitrogens with two attached hydrogens (primary N) is 1. The Hall–Kier alpha value is -2.99. The van der Waals surface area contributed by atoms with Gasteiger partial charge in [0, 0.05) is 6.42 Å². The molecule has 2 aromatic heterocycles. The van der Waals surface area contributed by atoms with Crippen molar-refractivity contribution in [2.75, 3.05) is 12.3 Å². The highest BCUT2D eigenvalue weighted by Crippen LogP contribution is 2.42. The van der Waals surface area contributed by atoms with E-state index in [-0.39, 0.29) is 6.61 Å². The minimum atomic E-state index is -1.41. The number of benzene rings is 1. The van der Waals surface area contributed by atoms with E-state index in [1.54, 1.807) is 16.6 Å². The predicted molar refractivity (Wildman–Crippen MR) is 96.3 cm³/mol. The second-order valence-electron chi connectivity index (χ2n) is 6.45. The van der Waals surface area contributed by atoms with Crippen LogP contribution in [0.1, 0.15) is 17.7 Å². The highest BCUT2D eigenvalue weighted by molar-refractivity contribution is 5.66. The molecule has 1 aliphatic heterocycles. The number of hydrogen-bond acceptors (Lipinski definition) is 7. The number of aromatic nitrogens is 3. The molecule has 3 aromatic rings. The molecule has 3 N–H and O–H groups in total. The maximum Gasteiger partial charge on any atom is 0.223 e. The van der Waals surface area contributed by atoms with E-state index < -0.39 is 17.8 Å². The summed E-state index contributed by atoms with van der Waals surface area (Å²) in [6.07, 6.45) is 0.643. The Morgan fingerprint density at radius 2 is 2.15 bits per heavy atom. The van der Waals surface area contributed by atoms with E-state index in [0.717, 1.165) is 5.56 Å². The fourth-order valence-electron chi connectivity index (χ4n) is 3.47.